The summed E-state index contributed by atoms with van der Waals surface area (Å²) in [6, 6.07) is 3.97. The van der Waals surface area contributed by atoms with E-state index in [4.69, 9.17) is 9.72 Å². The minimum atomic E-state index is -0.254. The third kappa shape index (κ3) is 4.52. The zero-order valence-electron chi connectivity index (χ0n) is 20.7. The topological polar surface area (TPSA) is 102 Å². The van der Waals surface area contributed by atoms with Gasteiger partial charge < -0.3 is 15.0 Å². The molecule has 0 radical (unpaired) electrons. The molecule has 2 unspecified atom stereocenters. The summed E-state index contributed by atoms with van der Waals surface area (Å²) in [5.41, 5.74) is 2.22. The number of ether oxygens (including phenoxy) is 1. The third-order valence-corrected chi connectivity index (χ3v) is 7.02. The number of Topliss-reactive ketones (excluding diaryl/α,β-unsaturated/α-hetero) is 1. The van der Waals surface area contributed by atoms with Crippen LogP contribution in [0.2, 0.25) is 0 Å². The van der Waals surface area contributed by atoms with Gasteiger partial charge in [0.25, 0.3) is 5.56 Å². The smallest absolute Gasteiger partial charge is 0.263 e. The standard InChI is InChI=1S/C26H32N6O3/c1-15-13-31(14-16(2)35-15)20-9-10-22(27-11-20)29-26-28-12-21-17(3)23(18(4)33)25(34)32(24(21)30-26)19-7-5-6-8-19/h9-12,15-16,19H,5-8,13-14H2,1-4H3,(H,27,28,29,30). The first-order valence-electron chi connectivity index (χ1n) is 12.4. The van der Waals surface area contributed by atoms with E-state index in [9.17, 15) is 9.59 Å². The lowest BCUT2D eigenvalue weighted by molar-refractivity contribution is -0.00523. The van der Waals surface area contributed by atoms with E-state index in [1.807, 2.05) is 18.3 Å². The van der Waals surface area contributed by atoms with Crippen LogP contribution in [0.15, 0.2) is 29.3 Å². The van der Waals surface area contributed by atoms with E-state index in [1.165, 1.54) is 6.92 Å². The van der Waals surface area contributed by atoms with E-state index in [0.717, 1.165) is 49.8 Å². The number of nitrogens with zero attached hydrogens (tertiary/aromatic N) is 5. The molecule has 184 valence electrons. The normalized spacial score (nSPS) is 21.0. The Morgan fingerprint density at radius 2 is 1.80 bits per heavy atom. The fourth-order valence-corrected chi connectivity index (χ4v) is 5.46. The van der Waals surface area contributed by atoms with Crippen molar-refractivity contribution in [3.8, 4) is 0 Å². The van der Waals surface area contributed by atoms with Gasteiger partial charge in [-0.3, -0.25) is 14.2 Å². The summed E-state index contributed by atoms with van der Waals surface area (Å²) in [7, 11) is 0. The van der Waals surface area contributed by atoms with Crippen LogP contribution in [-0.4, -0.2) is 50.6 Å². The molecule has 0 aromatic carbocycles. The maximum atomic E-state index is 13.4. The monoisotopic (exact) mass is 476 g/mol. The number of hydrogen-bond donors (Lipinski definition) is 1. The summed E-state index contributed by atoms with van der Waals surface area (Å²) < 4.78 is 7.54. The zero-order valence-corrected chi connectivity index (χ0v) is 20.7. The van der Waals surface area contributed by atoms with Gasteiger partial charge in [-0.1, -0.05) is 12.8 Å². The molecular weight excluding hydrogens is 444 g/mol. The highest BCUT2D eigenvalue weighted by molar-refractivity contribution is 5.99. The van der Waals surface area contributed by atoms with Gasteiger partial charge in [0.1, 0.15) is 11.5 Å². The molecule has 3 aromatic rings. The molecule has 2 aliphatic rings. The third-order valence-electron chi connectivity index (χ3n) is 7.02. The summed E-state index contributed by atoms with van der Waals surface area (Å²) in [4.78, 5) is 41.7. The first-order chi connectivity index (χ1) is 16.8. The number of aryl methyl sites for hydroxylation is 1. The highest BCUT2D eigenvalue weighted by Crippen LogP contribution is 2.32. The highest BCUT2D eigenvalue weighted by Gasteiger charge is 2.26. The molecule has 0 amide bonds. The van der Waals surface area contributed by atoms with Crippen LogP contribution in [-0.2, 0) is 4.74 Å². The van der Waals surface area contributed by atoms with Crippen molar-refractivity contribution in [2.24, 2.45) is 0 Å². The molecule has 4 heterocycles. The molecule has 5 rings (SSSR count). The van der Waals surface area contributed by atoms with Gasteiger partial charge in [-0.05, 0) is 58.2 Å². The van der Waals surface area contributed by atoms with Gasteiger partial charge in [-0.15, -0.1) is 0 Å². The van der Waals surface area contributed by atoms with Crippen LogP contribution in [0.25, 0.3) is 11.0 Å². The maximum Gasteiger partial charge on any atom is 0.263 e. The molecule has 9 nitrogen and oxygen atoms in total. The molecule has 0 bridgehead atoms. The lowest BCUT2D eigenvalue weighted by Gasteiger charge is -2.36. The molecule has 2 fully saturated rings. The number of carbonyl (C=O) groups excluding carboxylic acids is 1. The number of pyridine rings is 2. The molecule has 1 saturated heterocycles. The van der Waals surface area contributed by atoms with E-state index < -0.39 is 0 Å². The number of carbonyl (C=O) groups is 1. The quantitative estimate of drug-likeness (QED) is 0.548. The summed E-state index contributed by atoms with van der Waals surface area (Å²) in [5, 5.41) is 3.91. The minimum absolute atomic E-state index is 0.0437. The van der Waals surface area contributed by atoms with Gasteiger partial charge in [0, 0.05) is 30.7 Å². The number of morpholine rings is 1. The second-order valence-electron chi connectivity index (χ2n) is 9.79. The van der Waals surface area contributed by atoms with Crippen molar-refractivity contribution in [2.45, 2.75) is 71.6 Å². The lowest BCUT2D eigenvalue weighted by atomic mass is 10.0. The van der Waals surface area contributed by atoms with Crippen LogP contribution >= 0.6 is 0 Å². The van der Waals surface area contributed by atoms with Crippen molar-refractivity contribution < 1.29 is 9.53 Å². The Labute approximate surface area is 204 Å². The number of rotatable bonds is 5. The van der Waals surface area contributed by atoms with Crippen LogP contribution in [0.5, 0.6) is 0 Å². The fourth-order valence-electron chi connectivity index (χ4n) is 5.46. The average Bonchev–Trinajstić information content (AvgIpc) is 3.33. The van der Waals surface area contributed by atoms with Crippen molar-refractivity contribution in [2.75, 3.05) is 23.3 Å². The van der Waals surface area contributed by atoms with Gasteiger partial charge in [0.2, 0.25) is 5.95 Å². The molecule has 1 aliphatic carbocycles. The van der Waals surface area contributed by atoms with Crippen LogP contribution in [0.4, 0.5) is 17.5 Å². The first-order valence-corrected chi connectivity index (χ1v) is 12.4. The number of nitrogens with one attached hydrogen (secondary N) is 1. The fraction of sp³-hybridized carbons (Fsp3) is 0.500. The van der Waals surface area contributed by atoms with Gasteiger partial charge in [-0.2, -0.15) is 4.98 Å². The molecule has 35 heavy (non-hydrogen) atoms. The largest absolute Gasteiger partial charge is 0.372 e. The molecular formula is C26H32N6O3. The maximum absolute atomic E-state index is 13.4. The average molecular weight is 477 g/mol. The Hall–Kier alpha value is -3.33. The molecule has 2 atom stereocenters. The minimum Gasteiger partial charge on any atom is -0.372 e. The van der Waals surface area contributed by atoms with E-state index >= 15 is 0 Å². The van der Waals surface area contributed by atoms with Gasteiger partial charge in [0.15, 0.2) is 5.78 Å². The van der Waals surface area contributed by atoms with Crippen LogP contribution in [0.1, 0.15) is 68.4 Å². The molecule has 3 aromatic heterocycles. The van der Waals surface area contributed by atoms with Crippen molar-refractivity contribution in [1.29, 1.82) is 0 Å². The van der Waals surface area contributed by atoms with Gasteiger partial charge in [-0.25, -0.2) is 9.97 Å². The Kier molecular flexibility index (Phi) is 6.27. The molecule has 1 N–H and O–H groups in total. The number of aromatic nitrogens is 4. The Morgan fingerprint density at radius 1 is 1.09 bits per heavy atom. The van der Waals surface area contributed by atoms with Crippen molar-refractivity contribution in [1.82, 2.24) is 19.5 Å². The van der Waals surface area contributed by atoms with E-state index in [-0.39, 0.29) is 35.2 Å². The van der Waals surface area contributed by atoms with Crippen molar-refractivity contribution in [3.63, 3.8) is 0 Å². The number of anilines is 3. The number of ketones is 1. The summed E-state index contributed by atoms with van der Waals surface area (Å²) >= 11 is 0. The van der Waals surface area contributed by atoms with Crippen LogP contribution < -0.4 is 15.8 Å². The zero-order chi connectivity index (χ0) is 24.7. The Morgan fingerprint density at radius 3 is 2.43 bits per heavy atom. The number of hydrogen-bond acceptors (Lipinski definition) is 8. The summed E-state index contributed by atoms with van der Waals surface area (Å²) in [5.74, 6) is 0.762. The van der Waals surface area contributed by atoms with E-state index in [2.05, 4.69) is 34.0 Å². The van der Waals surface area contributed by atoms with Crippen LogP contribution in [0, 0.1) is 6.92 Å². The molecule has 9 heteroatoms. The molecule has 1 saturated carbocycles. The summed E-state index contributed by atoms with van der Waals surface area (Å²) in [6.07, 6.45) is 7.82. The van der Waals surface area contributed by atoms with E-state index in [0.29, 0.717) is 23.0 Å². The van der Waals surface area contributed by atoms with Gasteiger partial charge >= 0.3 is 0 Å². The second-order valence-corrected chi connectivity index (χ2v) is 9.79. The van der Waals surface area contributed by atoms with E-state index in [1.54, 1.807) is 17.7 Å². The first kappa shape index (κ1) is 23.4. The second kappa shape index (κ2) is 9.37. The van der Waals surface area contributed by atoms with Crippen molar-refractivity contribution in [3.05, 3.63) is 46.0 Å². The van der Waals surface area contributed by atoms with Crippen molar-refractivity contribution >= 4 is 34.3 Å². The SMILES string of the molecule is CC(=O)c1c(C)c2cnc(Nc3ccc(N4CC(C)OC(C)C4)cn3)nc2n(C2CCCC2)c1=O. The summed E-state index contributed by atoms with van der Waals surface area (Å²) in [6.45, 7) is 9.05. The lowest BCUT2D eigenvalue weighted by Crippen LogP contribution is -2.45. The highest BCUT2D eigenvalue weighted by atomic mass is 16.5. The Balaban J connectivity index is 1.48. The van der Waals surface area contributed by atoms with Crippen LogP contribution in [0.3, 0.4) is 0 Å². The Bertz CT molecular complexity index is 1300. The van der Waals surface area contributed by atoms with Gasteiger partial charge in [0.05, 0.1) is 29.7 Å². The number of fused-ring (bicyclic) bond motifs is 1. The predicted octanol–water partition coefficient (Wildman–Crippen LogP) is 4.17. The predicted molar refractivity (Wildman–Crippen MR) is 136 cm³/mol. The molecule has 1 aliphatic heterocycles. The molecule has 0 spiro atoms.